The predicted molar refractivity (Wildman–Crippen MR) is 127 cm³/mol. The topological polar surface area (TPSA) is 60.7 Å². The number of nitrogens with one attached hydrogen (secondary N) is 1. The molecule has 3 aromatic carbocycles. The van der Waals surface area contributed by atoms with Gasteiger partial charge in [0.2, 0.25) is 5.91 Å². The maximum absolute atomic E-state index is 13.1. The summed E-state index contributed by atoms with van der Waals surface area (Å²) in [6, 6.07) is 17.5. The van der Waals surface area contributed by atoms with Crippen molar-refractivity contribution in [3.8, 4) is 22.6 Å². The zero-order valence-corrected chi connectivity index (χ0v) is 18.6. The molecule has 0 radical (unpaired) electrons. The summed E-state index contributed by atoms with van der Waals surface area (Å²) in [5, 5.41) is 3.71. The summed E-state index contributed by atoms with van der Waals surface area (Å²) in [6.07, 6.45) is 3.22. The molecule has 5 nitrogen and oxygen atoms in total. The Kier molecular flexibility index (Phi) is 6.45. The molecule has 1 N–H and O–H groups in total. The average molecular weight is 445 g/mol. The first kappa shape index (κ1) is 22.1. The van der Waals surface area contributed by atoms with Crippen LogP contribution in [0.2, 0.25) is 0 Å². The SMILES string of the molecule is COc1cc2occ(-c3ccccc3OC)c2cc1/C(C)=C/C(=O)NCc1ccc(F)cc1. The van der Waals surface area contributed by atoms with E-state index in [-0.39, 0.29) is 11.7 Å². The number of methoxy groups -OCH3 is 2. The fourth-order valence-electron chi connectivity index (χ4n) is 3.72. The van der Waals surface area contributed by atoms with Gasteiger partial charge in [-0.3, -0.25) is 4.79 Å². The van der Waals surface area contributed by atoms with Crippen LogP contribution in [0.5, 0.6) is 11.5 Å². The standard InChI is InChI=1S/C27H24FNO4/c1-17(12-27(30)29-15-18-8-10-19(28)11-9-18)21-13-22-23(16-33-26(22)14-25(21)32-3)20-6-4-5-7-24(20)31-2/h4-14,16H,15H2,1-3H3,(H,29,30)/b17-12+. The molecule has 0 aliphatic carbocycles. The Labute approximate surface area is 191 Å². The normalized spacial score (nSPS) is 11.5. The van der Waals surface area contributed by atoms with Gasteiger partial charge < -0.3 is 19.2 Å². The number of hydrogen-bond acceptors (Lipinski definition) is 4. The van der Waals surface area contributed by atoms with Gasteiger partial charge in [-0.25, -0.2) is 4.39 Å². The van der Waals surface area contributed by atoms with Gasteiger partial charge in [0, 0.05) is 40.8 Å². The Bertz CT molecular complexity index is 1320. The minimum Gasteiger partial charge on any atom is -0.496 e. The maximum atomic E-state index is 13.1. The number of para-hydroxylation sites is 1. The average Bonchev–Trinajstić information content (AvgIpc) is 3.25. The van der Waals surface area contributed by atoms with Gasteiger partial charge in [0.15, 0.2) is 0 Å². The van der Waals surface area contributed by atoms with Crippen molar-refractivity contribution < 1.29 is 23.1 Å². The number of carbonyl (C=O) groups is 1. The number of rotatable bonds is 7. The molecule has 0 bridgehead atoms. The smallest absolute Gasteiger partial charge is 0.244 e. The Morgan fingerprint density at radius 2 is 1.73 bits per heavy atom. The Hall–Kier alpha value is -4.06. The van der Waals surface area contributed by atoms with Gasteiger partial charge in [-0.05, 0) is 42.3 Å². The van der Waals surface area contributed by atoms with E-state index in [9.17, 15) is 9.18 Å². The monoisotopic (exact) mass is 445 g/mol. The molecule has 0 saturated carbocycles. The van der Waals surface area contributed by atoms with E-state index in [1.54, 1.807) is 32.6 Å². The summed E-state index contributed by atoms with van der Waals surface area (Å²) in [7, 11) is 3.21. The fraction of sp³-hybridized carbons (Fsp3) is 0.148. The highest BCUT2D eigenvalue weighted by molar-refractivity contribution is 6.01. The first-order valence-corrected chi connectivity index (χ1v) is 10.4. The van der Waals surface area contributed by atoms with Gasteiger partial charge in [0.1, 0.15) is 22.9 Å². The van der Waals surface area contributed by atoms with Crippen LogP contribution in [-0.2, 0) is 11.3 Å². The summed E-state index contributed by atoms with van der Waals surface area (Å²) in [5.41, 5.74) is 4.80. The van der Waals surface area contributed by atoms with Crippen LogP contribution in [-0.4, -0.2) is 20.1 Å². The zero-order valence-electron chi connectivity index (χ0n) is 18.6. The predicted octanol–water partition coefficient (Wildman–Crippen LogP) is 5.98. The minimum absolute atomic E-state index is 0.254. The summed E-state index contributed by atoms with van der Waals surface area (Å²) in [6.45, 7) is 2.16. The third-order valence-corrected chi connectivity index (χ3v) is 5.45. The molecule has 0 atom stereocenters. The van der Waals surface area contributed by atoms with E-state index in [0.29, 0.717) is 17.9 Å². The lowest BCUT2D eigenvalue weighted by Crippen LogP contribution is -2.20. The van der Waals surface area contributed by atoms with Crippen LogP contribution in [0.25, 0.3) is 27.7 Å². The molecule has 1 aromatic heterocycles. The number of hydrogen-bond donors (Lipinski definition) is 1. The van der Waals surface area contributed by atoms with E-state index >= 15 is 0 Å². The van der Waals surface area contributed by atoms with Crippen LogP contribution in [0, 0.1) is 5.82 Å². The van der Waals surface area contributed by atoms with Crippen LogP contribution < -0.4 is 14.8 Å². The molecule has 33 heavy (non-hydrogen) atoms. The summed E-state index contributed by atoms with van der Waals surface area (Å²) in [5.74, 6) is 0.777. The first-order chi connectivity index (χ1) is 16.0. The van der Waals surface area contributed by atoms with E-state index in [4.69, 9.17) is 13.9 Å². The van der Waals surface area contributed by atoms with Gasteiger partial charge >= 0.3 is 0 Å². The lowest BCUT2D eigenvalue weighted by molar-refractivity contribution is -0.116. The number of ether oxygens (including phenoxy) is 2. The van der Waals surface area contributed by atoms with Gasteiger partial charge in [0.05, 0.1) is 20.5 Å². The van der Waals surface area contributed by atoms with Crippen LogP contribution in [0.1, 0.15) is 18.1 Å². The van der Waals surface area contributed by atoms with Crippen LogP contribution >= 0.6 is 0 Å². The molecule has 4 rings (SSSR count). The molecule has 1 heterocycles. The number of amides is 1. The number of benzene rings is 3. The lowest BCUT2D eigenvalue weighted by Gasteiger charge is -2.11. The van der Waals surface area contributed by atoms with Crippen molar-refractivity contribution in [1.82, 2.24) is 5.32 Å². The van der Waals surface area contributed by atoms with Crippen LogP contribution in [0.15, 0.2) is 77.4 Å². The molecule has 0 spiro atoms. The Balaban J connectivity index is 1.65. The first-order valence-electron chi connectivity index (χ1n) is 10.4. The Morgan fingerprint density at radius 3 is 2.45 bits per heavy atom. The molecule has 0 saturated heterocycles. The molecule has 0 aliphatic rings. The summed E-state index contributed by atoms with van der Waals surface area (Å²) < 4.78 is 29.9. The molecule has 0 aliphatic heterocycles. The van der Waals surface area contributed by atoms with Crippen LogP contribution in [0.4, 0.5) is 4.39 Å². The van der Waals surface area contributed by atoms with E-state index < -0.39 is 0 Å². The van der Waals surface area contributed by atoms with E-state index in [2.05, 4.69) is 5.32 Å². The van der Waals surface area contributed by atoms with Gasteiger partial charge in [-0.15, -0.1) is 0 Å². The third-order valence-electron chi connectivity index (χ3n) is 5.45. The van der Waals surface area contributed by atoms with E-state index in [0.717, 1.165) is 39.0 Å². The zero-order chi connectivity index (χ0) is 23.4. The molecule has 0 unspecified atom stereocenters. The van der Waals surface area contributed by atoms with Crippen molar-refractivity contribution >= 4 is 22.4 Å². The van der Waals surface area contributed by atoms with Gasteiger partial charge in [-0.2, -0.15) is 0 Å². The summed E-state index contributed by atoms with van der Waals surface area (Å²) in [4.78, 5) is 12.5. The second-order valence-electron chi connectivity index (χ2n) is 7.57. The van der Waals surface area contributed by atoms with Gasteiger partial charge in [-0.1, -0.05) is 30.3 Å². The van der Waals surface area contributed by atoms with Crippen molar-refractivity contribution in [3.05, 3.63) is 89.9 Å². The molecular weight excluding hydrogens is 421 g/mol. The number of allylic oxidation sites excluding steroid dienone is 1. The van der Waals surface area contributed by atoms with Crippen molar-refractivity contribution in [2.24, 2.45) is 0 Å². The van der Waals surface area contributed by atoms with E-state index in [1.807, 2.05) is 43.3 Å². The largest absolute Gasteiger partial charge is 0.496 e. The number of halogens is 1. The second kappa shape index (κ2) is 9.61. The Morgan fingerprint density at radius 1 is 1.00 bits per heavy atom. The number of fused-ring (bicyclic) bond motifs is 1. The van der Waals surface area contributed by atoms with Gasteiger partial charge in [0.25, 0.3) is 0 Å². The highest BCUT2D eigenvalue weighted by Crippen LogP contribution is 2.40. The molecule has 1 amide bonds. The van der Waals surface area contributed by atoms with E-state index in [1.165, 1.54) is 18.2 Å². The molecule has 168 valence electrons. The van der Waals surface area contributed by atoms with Crippen molar-refractivity contribution in [2.75, 3.05) is 14.2 Å². The number of carbonyl (C=O) groups excluding carboxylic acids is 1. The minimum atomic E-state index is -0.310. The molecular formula is C27H24FNO4. The van der Waals surface area contributed by atoms with Crippen molar-refractivity contribution in [2.45, 2.75) is 13.5 Å². The van der Waals surface area contributed by atoms with Crippen molar-refractivity contribution in [1.29, 1.82) is 0 Å². The number of furan rings is 1. The third kappa shape index (κ3) is 4.75. The van der Waals surface area contributed by atoms with Crippen LogP contribution in [0.3, 0.4) is 0 Å². The molecule has 6 heteroatoms. The van der Waals surface area contributed by atoms with Crippen molar-refractivity contribution in [3.63, 3.8) is 0 Å². The summed E-state index contributed by atoms with van der Waals surface area (Å²) >= 11 is 0. The molecule has 0 fully saturated rings. The highest BCUT2D eigenvalue weighted by Gasteiger charge is 2.17. The fourth-order valence-corrected chi connectivity index (χ4v) is 3.72. The quantitative estimate of drug-likeness (QED) is 0.356. The molecule has 4 aromatic rings. The lowest BCUT2D eigenvalue weighted by atomic mass is 9.98. The second-order valence-corrected chi connectivity index (χ2v) is 7.57. The maximum Gasteiger partial charge on any atom is 0.244 e. The highest BCUT2D eigenvalue weighted by atomic mass is 19.1.